The van der Waals surface area contributed by atoms with Gasteiger partial charge in [-0.25, -0.2) is 9.07 Å². The fraction of sp³-hybridized carbons (Fsp3) is 0.292. The summed E-state index contributed by atoms with van der Waals surface area (Å²) in [7, 11) is 0. The van der Waals surface area contributed by atoms with Gasteiger partial charge in [0.2, 0.25) is 0 Å². The second kappa shape index (κ2) is 9.08. The molecule has 0 unspecified atom stereocenters. The highest BCUT2D eigenvalue weighted by atomic mass is 32.1. The fourth-order valence-electron chi connectivity index (χ4n) is 3.67. The molecule has 31 heavy (non-hydrogen) atoms. The molecule has 4 aromatic rings. The molecule has 0 aliphatic heterocycles. The molecule has 5 nitrogen and oxygen atoms in total. The first-order chi connectivity index (χ1) is 14.9. The molecular weight excluding hydrogens is 409 g/mol. The lowest BCUT2D eigenvalue weighted by Gasteiger charge is -2.33. The van der Waals surface area contributed by atoms with Crippen molar-refractivity contribution in [3.8, 4) is 0 Å². The van der Waals surface area contributed by atoms with Gasteiger partial charge in [-0.15, -0.1) is 16.4 Å². The van der Waals surface area contributed by atoms with Crippen LogP contribution in [-0.4, -0.2) is 25.1 Å². The smallest absolute Gasteiger partial charge is 0.173 e. The lowest BCUT2D eigenvalue weighted by Crippen LogP contribution is -2.34. The van der Waals surface area contributed by atoms with E-state index in [2.05, 4.69) is 70.8 Å². The summed E-state index contributed by atoms with van der Waals surface area (Å²) in [5.41, 5.74) is 1.86. The van der Waals surface area contributed by atoms with Crippen molar-refractivity contribution in [1.29, 1.82) is 0 Å². The van der Waals surface area contributed by atoms with E-state index in [1.165, 1.54) is 22.6 Å². The number of thiophene rings is 1. The molecule has 0 saturated heterocycles. The molecule has 0 radical (unpaired) electrons. The average molecular weight is 436 g/mol. The Labute approximate surface area is 186 Å². The first-order valence-electron chi connectivity index (χ1n) is 10.3. The third-order valence-electron chi connectivity index (χ3n) is 5.09. The molecule has 0 saturated carbocycles. The van der Waals surface area contributed by atoms with Gasteiger partial charge in [-0.1, -0.05) is 48.5 Å². The molecule has 0 spiro atoms. The van der Waals surface area contributed by atoms with Crippen molar-refractivity contribution in [2.75, 3.05) is 0 Å². The Hall–Kier alpha value is -2.90. The maximum absolute atomic E-state index is 13.8. The van der Waals surface area contributed by atoms with Gasteiger partial charge in [0.1, 0.15) is 5.82 Å². The average Bonchev–Trinajstić information content (AvgIpc) is 3.42. The molecule has 2 aromatic heterocycles. The molecule has 160 valence electrons. The second-order valence-corrected chi connectivity index (χ2v) is 9.58. The minimum absolute atomic E-state index is 0.239. The van der Waals surface area contributed by atoms with Crippen molar-refractivity contribution < 1.29 is 4.39 Å². The van der Waals surface area contributed by atoms with Gasteiger partial charge < -0.3 is 0 Å². The van der Waals surface area contributed by atoms with E-state index < -0.39 is 0 Å². The zero-order valence-corrected chi connectivity index (χ0v) is 18.8. The summed E-state index contributed by atoms with van der Waals surface area (Å²) in [6.45, 7) is 7.67. The third kappa shape index (κ3) is 5.06. The van der Waals surface area contributed by atoms with Crippen molar-refractivity contribution in [2.24, 2.45) is 0 Å². The maximum atomic E-state index is 13.8. The number of nitrogens with zero attached hydrogens (tertiary/aromatic N) is 5. The minimum Gasteiger partial charge on any atom is -0.280 e. The van der Waals surface area contributed by atoms with E-state index in [0.29, 0.717) is 6.54 Å². The van der Waals surface area contributed by atoms with Crippen LogP contribution in [0.4, 0.5) is 4.39 Å². The summed E-state index contributed by atoms with van der Waals surface area (Å²) < 4.78 is 15.6. The first-order valence-corrected chi connectivity index (χ1v) is 11.1. The van der Waals surface area contributed by atoms with E-state index in [9.17, 15) is 4.39 Å². The van der Waals surface area contributed by atoms with Crippen LogP contribution in [0, 0.1) is 5.82 Å². The molecule has 4 rings (SSSR count). The summed E-state index contributed by atoms with van der Waals surface area (Å²) in [6, 6.07) is 21.0. The van der Waals surface area contributed by atoms with Crippen molar-refractivity contribution in [1.82, 2.24) is 25.1 Å². The third-order valence-corrected chi connectivity index (χ3v) is 5.95. The van der Waals surface area contributed by atoms with Crippen molar-refractivity contribution in [3.63, 3.8) is 0 Å². The summed E-state index contributed by atoms with van der Waals surface area (Å²) in [5.74, 6) is 0.484. The molecule has 0 amide bonds. The van der Waals surface area contributed by atoms with Gasteiger partial charge >= 0.3 is 0 Å². The van der Waals surface area contributed by atoms with Crippen LogP contribution in [0.25, 0.3) is 0 Å². The predicted molar refractivity (Wildman–Crippen MR) is 121 cm³/mol. The Morgan fingerprint density at radius 3 is 2.35 bits per heavy atom. The quantitative estimate of drug-likeness (QED) is 0.389. The van der Waals surface area contributed by atoms with Crippen LogP contribution in [0.5, 0.6) is 0 Å². The standard InChI is InChI=1S/C24H26FN5S/c1-24(2,3)30-23(26-27-28-30)22(19-11-13-20(25)14-12-19)29(17-21-10-7-15-31-21)16-18-8-5-4-6-9-18/h4-15,22H,16-17H2,1-3H3/t22-/m0/s1. The highest BCUT2D eigenvalue weighted by Crippen LogP contribution is 2.33. The second-order valence-electron chi connectivity index (χ2n) is 8.54. The molecule has 2 aromatic carbocycles. The van der Waals surface area contributed by atoms with Gasteiger partial charge in [0, 0.05) is 18.0 Å². The molecule has 7 heteroatoms. The molecule has 1 atom stereocenters. The lowest BCUT2D eigenvalue weighted by molar-refractivity contribution is 0.187. The van der Waals surface area contributed by atoms with E-state index in [0.717, 1.165) is 17.9 Å². The summed E-state index contributed by atoms with van der Waals surface area (Å²) in [4.78, 5) is 3.60. The number of hydrogen-bond donors (Lipinski definition) is 0. The van der Waals surface area contributed by atoms with Gasteiger partial charge in [0.15, 0.2) is 5.82 Å². The number of aromatic nitrogens is 4. The number of rotatable bonds is 7. The molecule has 0 bridgehead atoms. The van der Waals surface area contributed by atoms with Crippen LogP contribution < -0.4 is 0 Å². The van der Waals surface area contributed by atoms with Crippen LogP contribution in [0.15, 0.2) is 72.1 Å². The number of tetrazole rings is 1. The minimum atomic E-state index is -0.293. The number of benzene rings is 2. The molecular formula is C24H26FN5S. The Morgan fingerprint density at radius 1 is 0.968 bits per heavy atom. The fourth-order valence-corrected chi connectivity index (χ4v) is 4.40. The molecule has 0 N–H and O–H groups in total. The van der Waals surface area contributed by atoms with Crippen LogP contribution in [-0.2, 0) is 18.6 Å². The largest absolute Gasteiger partial charge is 0.280 e. The molecule has 0 aliphatic rings. The summed E-state index contributed by atoms with van der Waals surface area (Å²) >= 11 is 1.72. The maximum Gasteiger partial charge on any atom is 0.173 e. The number of hydrogen-bond acceptors (Lipinski definition) is 5. The Bertz CT molecular complexity index is 1090. The van der Waals surface area contributed by atoms with Crippen LogP contribution in [0.2, 0.25) is 0 Å². The van der Waals surface area contributed by atoms with Crippen molar-refractivity contribution in [2.45, 2.75) is 45.4 Å². The van der Waals surface area contributed by atoms with Gasteiger partial charge in [0.25, 0.3) is 0 Å². The SMILES string of the molecule is CC(C)(C)n1nnnc1[C@H](c1ccc(F)cc1)N(Cc1ccccc1)Cc1cccs1. The Balaban J connectivity index is 1.83. The topological polar surface area (TPSA) is 46.8 Å². The van der Waals surface area contributed by atoms with Crippen LogP contribution in [0.3, 0.4) is 0 Å². The Kier molecular flexibility index (Phi) is 6.25. The highest BCUT2D eigenvalue weighted by molar-refractivity contribution is 7.09. The normalized spacial score (nSPS) is 12.9. The predicted octanol–water partition coefficient (Wildman–Crippen LogP) is 5.42. The summed E-state index contributed by atoms with van der Waals surface area (Å²) in [6.07, 6.45) is 0. The van der Waals surface area contributed by atoms with E-state index in [1.54, 1.807) is 11.3 Å². The van der Waals surface area contributed by atoms with E-state index in [4.69, 9.17) is 0 Å². The highest BCUT2D eigenvalue weighted by Gasteiger charge is 2.31. The van der Waals surface area contributed by atoms with Crippen molar-refractivity contribution in [3.05, 3.63) is 99.8 Å². The van der Waals surface area contributed by atoms with E-state index in [1.807, 2.05) is 35.0 Å². The Morgan fingerprint density at radius 2 is 1.71 bits per heavy atom. The van der Waals surface area contributed by atoms with Crippen LogP contribution in [0.1, 0.15) is 48.6 Å². The van der Waals surface area contributed by atoms with Crippen LogP contribution >= 0.6 is 11.3 Å². The summed E-state index contributed by atoms with van der Waals surface area (Å²) in [5, 5.41) is 14.8. The molecule has 0 aliphatic carbocycles. The first kappa shape index (κ1) is 21.3. The number of halogens is 1. The van der Waals surface area contributed by atoms with Crippen molar-refractivity contribution >= 4 is 11.3 Å². The lowest BCUT2D eigenvalue weighted by atomic mass is 10.0. The van der Waals surface area contributed by atoms with Gasteiger partial charge in [-0.05, 0) is 65.9 Å². The van der Waals surface area contributed by atoms with Gasteiger partial charge in [0.05, 0.1) is 11.6 Å². The molecule has 2 heterocycles. The van der Waals surface area contributed by atoms with E-state index in [-0.39, 0.29) is 17.4 Å². The van der Waals surface area contributed by atoms with E-state index >= 15 is 0 Å². The zero-order valence-electron chi connectivity index (χ0n) is 17.9. The van der Waals surface area contributed by atoms with Gasteiger partial charge in [-0.2, -0.15) is 0 Å². The molecule has 0 fully saturated rings. The zero-order chi connectivity index (χ0) is 21.8. The van der Waals surface area contributed by atoms with Gasteiger partial charge in [-0.3, -0.25) is 4.90 Å². The monoisotopic (exact) mass is 435 g/mol.